The fraction of sp³-hybridized carbons (Fsp3) is 0.294. The minimum atomic E-state index is 0.0937. The third-order valence-electron chi connectivity index (χ3n) is 3.17. The summed E-state index contributed by atoms with van der Waals surface area (Å²) in [5.41, 5.74) is 8.82. The fourth-order valence-electron chi connectivity index (χ4n) is 2.09. The van der Waals surface area contributed by atoms with E-state index in [9.17, 15) is 0 Å². The Morgan fingerprint density at radius 3 is 2.33 bits per heavy atom. The molecule has 3 nitrogen and oxygen atoms in total. The molecule has 0 amide bonds. The second-order valence-corrected chi connectivity index (χ2v) is 5.74. The van der Waals surface area contributed by atoms with Crippen molar-refractivity contribution in [3.05, 3.63) is 53.1 Å². The van der Waals surface area contributed by atoms with E-state index in [2.05, 4.69) is 12.2 Å². The highest BCUT2D eigenvalue weighted by atomic mass is 35.5. The maximum Gasteiger partial charge on any atom is 0.144 e. The average Bonchev–Trinajstić information content (AvgIpc) is 2.43. The first kappa shape index (κ1) is 15.5. The van der Waals surface area contributed by atoms with Crippen molar-refractivity contribution >= 4 is 23.0 Å². The van der Waals surface area contributed by atoms with E-state index in [0.29, 0.717) is 11.4 Å². The average molecular weight is 305 g/mol. The molecule has 4 heteroatoms. The van der Waals surface area contributed by atoms with Crippen molar-refractivity contribution in [1.29, 1.82) is 0 Å². The molecule has 112 valence electrons. The summed E-state index contributed by atoms with van der Waals surface area (Å²) in [5, 5.41) is 4.15. The molecule has 0 aliphatic heterocycles. The van der Waals surface area contributed by atoms with Gasteiger partial charge in [0.2, 0.25) is 0 Å². The van der Waals surface area contributed by atoms with Crippen molar-refractivity contribution in [2.75, 3.05) is 11.1 Å². The van der Waals surface area contributed by atoms with Gasteiger partial charge in [0.05, 0.1) is 17.5 Å². The number of para-hydroxylation sites is 1. The van der Waals surface area contributed by atoms with E-state index >= 15 is 0 Å². The van der Waals surface area contributed by atoms with Crippen LogP contribution < -0.4 is 15.8 Å². The van der Waals surface area contributed by atoms with E-state index in [1.54, 1.807) is 0 Å². The van der Waals surface area contributed by atoms with E-state index in [-0.39, 0.29) is 12.1 Å². The van der Waals surface area contributed by atoms with Gasteiger partial charge in [0.1, 0.15) is 5.75 Å². The summed E-state index contributed by atoms with van der Waals surface area (Å²) in [6.45, 7) is 6.05. The minimum absolute atomic E-state index is 0.0937. The highest BCUT2D eigenvalue weighted by molar-refractivity contribution is 6.30. The van der Waals surface area contributed by atoms with Crippen LogP contribution in [0.25, 0.3) is 0 Å². The molecule has 0 heterocycles. The number of nitrogens with one attached hydrogen (secondary N) is 1. The van der Waals surface area contributed by atoms with Gasteiger partial charge in [0.15, 0.2) is 0 Å². The van der Waals surface area contributed by atoms with Crippen LogP contribution >= 0.6 is 11.6 Å². The van der Waals surface area contributed by atoms with Crippen molar-refractivity contribution in [2.24, 2.45) is 0 Å². The molecule has 0 spiro atoms. The van der Waals surface area contributed by atoms with E-state index in [1.165, 1.54) is 0 Å². The maximum atomic E-state index is 6.17. The zero-order chi connectivity index (χ0) is 15.4. The Bertz CT molecular complexity index is 596. The van der Waals surface area contributed by atoms with Crippen LogP contribution in [-0.2, 0) is 0 Å². The standard InChI is InChI=1S/C17H21ClN2O/c1-11(2)21-16-6-4-5-15(17(16)19)20-12(3)13-7-9-14(18)10-8-13/h4-12,20H,19H2,1-3H3. The molecule has 2 rings (SSSR count). The molecule has 0 aliphatic rings. The van der Waals surface area contributed by atoms with Gasteiger partial charge in [0.25, 0.3) is 0 Å². The molecule has 0 saturated carbocycles. The van der Waals surface area contributed by atoms with Crippen LogP contribution in [0.4, 0.5) is 11.4 Å². The maximum absolute atomic E-state index is 6.17. The summed E-state index contributed by atoms with van der Waals surface area (Å²) in [6.07, 6.45) is 0.0937. The van der Waals surface area contributed by atoms with Crippen molar-refractivity contribution < 1.29 is 4.74 Å². The SMILES string of the molecule is CC(C)Oc1cccc(NC(C)c2ccc(Cl)cc2)c1N. The molecule has 0 bridgehead atoms. The monoisotopic (exact) mass is 304 g/mol. The highest BCUT2D eigenvalue weighted by Gasteiger charge is 2.11. The number of nitrogens with two attached hydrogens (primary N) is 1. The molecule has 0 fully saturated rings. The van der Waals surface area contributed by atoms with Crippen LogP contribution in [0.5, 0.6) is 5.75 Å². The Balaban J connectivity index is 2.17. The third kappa shape index (κ3) is 4.05. The summed E-state index contributed by atoms with van der Waals surface area (Å²) in [6, 6.07) is 13.7. The van der Waals surface area contributed by atoms with E-state index in [1.807, 2.05) is 56.3 Å². The van der Waals surface area contributed by atoms with Crippen LogP contribution in [0, 0.1) is 0 Å². The second-order valence-electron chi connectivity index (χ2n) is 5.30. The molecule has 1 unspecified atom stereocenters. The van der Waals surface area contributed by atoms with Gasteiger partial charge in [-0.05, 0) is 50.6 Å². The van der Waals surface area contributed by atoms with Gasteiger partial charge in [-0.3, -0.25) is 0 Å². The lowest BCUT2D eigenvalue weighted by Crippen LogP contribution is -2.11. The van der Waals surface area contributed by atoms with Crippen LogP contribution in [-0.4, -0.2) is 6.10 Å². The van der Waals surface area contributed by atoms with Gasteiger partial charge in [-0.15, -0.1) is 0 Å². The Hall–Kier alpha value is -1.87. The number of benzene rings is 2. The van der Waals surface area contributed by atoms with Crippen molar-refractivity contribution in [3.63, 3.8) is 0 Å². The number of nitrogen functional groups attached to an aromatic ring is 1. The van der Waals surface area contributed by atoms with Gasteiger partial charge in [-0.25, -0.2) is 0 Å². The van der Waals surface area contributed by atoms with Crippen LogP contribution in [0.15, 0.2) is 42.5 Å². The number of hydrogen-bond acceptors (Lipinski definition) is 3. The number of rotatable bonds is 5. The molecule has 0 radical (unpaired) electrons. The van der Waals surface area contributed by atoms with Gasteiger partial charge in [-0.1, -0.05) is 29.8 Å². The predicted molar refractivity (Wildman–Crippen MR) is 90.1 cm³/mol. The normalized spacial score (nSPS) is 12.2. The molecular formula is C17H21ClN2O. The second kappa shape index (κ2) is 6.72. The Kier molecular flexibility index (Phi) is 4.97. The number of hydrogen-bond donors (Lipinski definition) is 2. The Morgan fingerprint density at radius 2 is 1.71 bits per heavy atom. The molecule has 0 aliphatic carbocycles. The molecule has 3 N–H and O–H groups in total. The summed E-state index contributed by atoms with van der Waals surface area (Å²) in [7, 11) is 0. The number of halogens is 1. The Morgan fingerprint density at radius 1 is 1.05 bits per heavy atom. The van der Waals surface area contributed by atoms with E-state index in [4.69, 9.17) is 22.1 Å². The summed E-state index contributed by atoms with van der Waals surface area (Å²) in [4.78, 5) is 0. The van der Waals surface area contributed by atoms with E-state index < -0.39 is 0 Å². The van der Waals surface area contributed by atoms with Gasteiger partial charge in [-0.2, -0.15) is 0 Å². The van der Waals surface area contributed by atoms with Crippen molar-refractivity contribution in [2.45, 2.75) is 32.9 Å². The van der Waals surface area contributed by atoms with E-state index in [0.717, 1.165) is 16.3 Å². The van der Waals surface area contributed by atoms with Crippen LogP contribution in [0.2, 0.25) is 5.02 Å². The van der Waals surface area contributed by atoms with Crippen molar-refractivity contribution in [3.8, 4) is 5.75 Å². The highest BCUT2D eigenvalue weighted by Crippen LogP contribution is 2.32. The lowest BCUT2D eigenvalue weighted by Gasteiger charge is -2.19. The predicted octanol–water partition coefficient (Wildman–Crippen LogP) is 4.88. The zero-order valence-electron chi connectivity index (χ0n) is 12.6. The molecule has 1 atom stereocenters. The first-order valence-corrected chi connectivity index (χ1v) is 7.42. The van der Waals surface area contributed by atoms with Gasteiger partial charge in [0, 0.05) is 11.1 Å². The molecule has 0 saturated heterocycles. The first-order valence-electron chi connectivity index (χ1n) is 7.04. The smallest absolute Gasteiger partial charge is 0.144 e. The van der Waals surface area contributed by atoms with Crippen LogP contribution in [0.3, 0.4) is 0 Å². The fourth-order valence-corrected chi connectivity index (χ4v) is 2.22. The number of ether oxygens (including phenoxy) is 1. The van der Waals surface area contributed by atoms with Gasteiger partial charge >= 0.3 is 0 Å². The summed E-state index contributed by atoms with van der Waals surface area (Å²) in [5.74, 6) is 0.707. The number of anilines is 2. The lowest BCUT2D eigenvalue weighted by atomic mass is 10.1. The summed E-state index contributed by atoms with van der Waals surface area (Å²) >= 11 is 5.91. The summed E-state index contributed by atoms with van der Waals surface area (Å²) < 4.78 is 5.71. The lowest BCUT2D eigenvalue weighted by molar-refractivity contribution is 0.244. The Labute approximate surface area is 131 Å². The molecule has 2 aromatic rings. The topological polar surface area (TPSA) is 47.3 Å². The molecule has 0 aromatic heterocycles. The van der Waals surface area contributed by atoms with Crippen molar-refractivity contribution in [1.82, 2.24) is 0 Å². The first-order chi connectivity index (χ1) is 9.97. The van der Waals surface area contributed by atoms with Gasteiger partial charge < -0.3 is 15.8 Å². The molecule has 2 aromatic carbocycles. The minimum Gasteiger partial charge on any atom is -0.489 e. The molecular weight excluding hydrogens is 284 g/mol. The zero-order valence-corrected chi connectivity index (χ0v) is 13.3. The molecule has 21 heavy (non-hydrogen) atoms. The van der Waals surface area contributed by atoms with Crippen LogP contribution in [0.1, 0.15) is 32.4 Å². The third-order valence-corrected chi connectivity index (χ3v) is 3.42. The quantitative estimate of drug-likeness (QED) is 0.774. The largest absolute Gasteiger partial charge is 0.489 e.